The van der Waals surface area contributed by atoms with Gasteiger partial charge in [-0.2, -0.15) is 4.68 Å². The Labute approximate surface area is 161 Å². The summed E-state index contributed by atoms with van der Waals surface area (Å²) in [5.74, 6) is -1.21. The SMILES string of the molecule is CC1=C(C(=O)OC2CCCCC2)C(c2ccccc2C(=O)O)n2nnnc2N1. The third-order valence-electron chi connectivity index (χ3n) is 5.25. The molecule has 1 fully saturated rings. The Morgan fingerprint density at radius 1 is 1.21 bits per heavy atom. The van der Waals surface area contributed by atoms with Crippen LogP contribution >= 0.6 is 0 Å². The quantitative estimate of drug-likeness (QED) is 0.773. The van der Waals surface area contributed by atoms with E-state index in [2.05, 4.69) is 20.8 Å². The van der Waals surface area contributed by atoms with Crippen molar-refractivity contribution < 1.29 is 19.4 Å². The van der Waals surface area contributed by atoms with Crippen LogP contribution in [0.2, 0.25) is 0 Å². The van der Waals surface area contributed by atoms with Crippen molar-refractivity contribution in [2.45, 2.75) is 51.2 Å². The second-order valence-electron chi connectivity index (χ2n) is 7.07. The lowest BCUT2D eigenvalue weighted by Crippen LogP contribution is -2.32. The Morgan fingerprint density at radius 3 is 2.71 bits per heavy atom. The van der Waals surface area contributed by atoms with Crippen molar-refractivity contribution in [3.05, 3.63) is 46.7 Å². The minimum atomic E-state index is -1.08. The van der Waals surface area contributed by atoms with Gasteiger partial charge in [0.2, 0.25) is 5.95 Å². The van der Waals surface area contributed by atoms with Crippen molar-refractivity contribution in [1.29, 1.82) is 0 Å². The number of benzene rings is 1. The molecule has 0 saturated heterocycles. The van der Waals surface area contributed by atoms with Crippen LogP contribution in [-0.4, -0.2) is 43.4 Å². The summed E-state index contributed by atoms with van der Waals surface area (Å²) in [7, 11) is 0. The van der Waals surface area contributed by atoms with Crippen LogP contribution < -0.4 is 5.32 Å². The molecule has 0 bridgehead atoms. The third-order valence-corrected chi connectivity index (χ3v) is 5.25. The minimum Gasteiger partial charge on any atom is -0.478 e. The van der Waals surface area contributed by atoms with Gasteiger partial charge in [0.15, 0.2) is 0 Å². The summed E-state index contributed by atoms with van der Waals surface area (Å²) >= 11 is 0. The molecule has 0 spiro atoms. The number of rotatable bonds is 4. The number of esters is 1. The average molecular weight is 383 g/mol. The molecule has 9 nitrogen and oxygen atoms in total. The van der Waals surface area contributed by atoms with Gasteiger partial charge in [-0.3, -0.25) is 0 Å². The van der Waals surface area contributed by atoms with Crippen molar-refractivity contribution in [2.75, 3.05) is 5.32 Å². The van der Waals surface area contributed by atoms with Crippen molar-refractivity contribution >= 4 is 17.9 Å². The molecule has 1 atom stereocenters. The van der Waals surface area contributed by atoms with Gasteiger partial charge >= 0.3 is 11.9 Å². The van der Waals surface area contributed by atoms with E-state index in [1.54, 1.807) is 25.1 Å². The van der Waals surface area contributed by atoms with Crippen molar-refractivity contribution in [3.63, 3.8) is 0 Å². The molecule has 1 aliphatic carbocycles. The predicted octanol–water partition coefficient (Wildman–Crippen LogP) is 2.54. The summed E-state index contributed by atoms with van der Waals surface area (Å²) in [4.78, 5) is 24.9. The lowest BCUT2D eigenvalue weighted by Gasteiger charge is -2.30. The van der Waals surface area contributed by atoms with E-state index in [-0.39, 0.29) is 11.7 Å². The second-order valence-corrected chi connectivity index (χ2v) is 7.07. The van der Waals surface area contributed by atoms with Crippen LogP contribution in [0.5, 0.6) is 0 Å². The third kappa shape index (κ3) is 3.23. The first-order chi connectivity index (χ1) is 13.6. The number of carbonyl (C=O) groups excluding carboxylic acids is 1. The number of hydrogen-bond donors (Lipinski definition) is 2. The molecule has 1 aliphatic heterocycles. The molecule has 2 aromatic rings. The molecular weight excluding hydrogens is 362 g/mol. The number of ether oxygens (including phenoxy) is 1. The van der Waals surface area contributed by atoms with Gasteiger partial charge in [0.25, 0.3) is 0 Å². The molecule has 2 heterocycles. The maximum atomic E-state index is 13.1. The van der Waals surface area contributed by atoms with Crippen LogP contribution in [0.1, 0.15) is 61.0 Å². The second kappa shape index (κ2) is 7.41. The lowest BCUT2D eigenvalue weighted by molar-refractivity contribution is -0.146. The Balaban J connectivity index is 1.77. The molecule has 0 amide bonds. The molecule has 1 aromatic heterocycles. The number of nitrogens with one attached hydrogen (secondary N) is 1. The molecule has 2 aliphatic rings. The van der Waals surface area contributed by atoms with Crippen LogP contribution in [0.15, 0.2) is 35.5 Å². The molecule has 9 heteroatoms. The largest absolute Gasteiger partial charge is 0.478 e. The molecular formula is C19H21N5O4. The zero-order valence-corrected chi connectivity index (χ0v) is 15.5. The van der Waals surface area contributed by atoms with E-state index >= 15 is 0 Å². The van der Waals surface area contributed by atoms with Gasteiger partial charge in [-0.15, -0.1) is 0 Å². The fraction of sp³-hybridized carbons (Fsp3) is 0.421. The van der Waals surface area contributed by atoms with Crippen LogP contribution in [0, 0.1) is 0 Å². The predicted molar refractivity (Wildman–Crippen MR) is 98.6 cm³/mol. The van der Waals surface area contributed by atoms with E-state index in [4.69, 9.17) is 4.74 Å². The van der Waals surface area contributed by atoms with Gasteiger partial charge in [-0.25, -0.2) is 9.59 Å². The first-order valence-corrected chi connectivity index (χ1v) is 9.35. The number of hydrogen-bond acceptors (Lipinski definition) is 7. The maximum Gasteiger partial charge on any atom is 0.338 e. The summed E-state index contributed by atoms with van der Waals surface area (Å²) in [5.41, 5.74) is 1.39. The standard InChI is InChI=1S/C19H21N5O4/c1-11-15(18(27)28-12-7-3-2-4-8-12)16(24-19(20-11)21-22-23-24)13-9-5-6-10-14(13)17(25)26/h5-6,9-10,12,16H,2-4,7-8H2,1H3,(H,25,26)(H,20,21,23). The number of anilines is 1. The highest BCUT2D eigenvalue weighted by molar-refractivity contribution is 5.95. The van der Waals surface area contributed by atoms with Crippen molar-refractivity contribution in [3.8, 4) is 0 Å². The van der Waals surface area contributed by atoms with Crippen LogP contribution in [0.4, 0.5) is 5.95 Å². The molecule has 4 rings (SSSR count). The summed E-state index contributed by atoms with van der Waals surface area (Å²) in [5, 5.41) is 24.2. The van der Waals surface area contributed by atoms with E-state index in [9.17, 15) is 14.7 Å². The van der Waals surface area contributed by atoms with Gasteiger partial charge < -0.3 is 15.2 Å². The van der Waals surface area contributed by atoms with Crippen LogP contribution in [0.3, 0.4) is 0 Å². The topological polar surface area (TPSA) is 119 Å². The number of aromatic carboxylic acids is 1. The van der Waals surface area contributed by atoms with Crippen LogP contribution in [-0.2, 0) is 9.53 Å². The normalized spacial score (nSPS) is 19.7. The van der Waals surface area contributed by atoms with Gasteiger partial charge in [0.1, 0.15) is 12.1 Å². The highest BCUT2D eigenvalue weighted by Gasteiger charge is 2.37. The fourth-order valence-corrected chi connectivity index (χ4v) is 3.89. The molecule has 1 aromatic carbocycles. The highest BCUT2D eigenvalue weighted by Crippen LogP contribution is 2.37. The Kier molecular flexibility index (Phi) is 4.81. The van der Waals surface area contributed by atoms with E-state index in [0.717, 1.165) is 32.1 Å². The number of carboxylic acid groups (broad SMARTS) is 1. The van der Waals surface area contributed by atoms with Crippen molar-refractivity contribution in [2.24, 2.45) is 0 Å². The highest BCUT2D eigenvalue weighted by atomic mass is 16.5. The number of carboxylic acids is 1. The number of allylic oxidation sites excluding steroid dienone is 1. The number of aromatic nitrogens is 4. The summed E-state index contributed by atoms with van der Waals surface area (Å²) in [6, 6.07) is 5.77. The molecule has 0 radical (unpaired) electrons. The summed E-state index contributed by atoms with van der Waals surface area (Å²) < 4.78 is 7.20. The molecule has 28 heavy (non-hydrogen) atoms. The Morgan fingerprint density at radius 2 is 1.96 bits per heavy atom. The van der Waals surface area contributed by atoms with Gasteiger partial charge in [0.05, 0.1) is 11.1 Å². The molecule has 1 unspecified atom stereocenters. The van der Waals surface area contributed by atoms with Gasteiger partial charge in [-0.05, 0) is 54.7 Å². The first-order valence-electron chi connectivity index (χ1n) is 9.35. The molecule has 1 saturated carbocycles. The van der Waals surface area contributed by atoms with Crippen molar-refractivity contribution in [1.82, 2.24) is 20.2 Å². The zero-order valence-electron chi connectivity index (χ0n) is 15.5. The number of nitrogens with zero attached hydrogens (tertiary/aromatic N) is 4. The Hall–Kier alpha value is -3.23. The lowest BCUT2D eigenvalue weighted by atomic mass is 9.91. The van der Waals surface area contributed by atoms with Gasteiger partial charge in [0, 0.05) is 5.70 Å². The van der Waals surface area contributed by atoms with E-state index in [0.29, 0.717) is 22.8 Å². The maximum absolute atomic E-state index is 13.1. The number of carbonyl (C=O) groups is 2. The van der Waals surface area contributed by atoms with E-state index in [1.165, 1.54) is 10.7 Å². The Bertz CT molecular complexity index is 945. The van der Waals surface area contributed by atoms with E-state index in [1.807, 2.05) is 0 Å². The fourth-order valence-electron chi connectivity index (χ4n) is 3.89. The van der Waals surface area contributed by atoms with Crippen LogP contribution in [0.25, 0.3) is 0 Å². The summed E-state index contributed by atoms with van der Waals surface area (Å²) in [6.07, 6.45) is 4.80. The molecule has 146 valence electrons. The minimum absolute atomic E-state index is 0.0895. The first kappa shape index (κ1) is 18.1. The van der Waals surface area contributed by atoms with E-state index < -0.39 is 18.0 Å². The average Bonchev–Trinajstić information content (AvgIpc) is 3.15. The number of fused-ring (bicyclic) bond motifs is 1. The summed E-state index contributed by atoms with van der Waals surface area (Å²) in [6.45, 7) is 1.74. The van der Waals surface area contributed by atoms with Gasteiger partial charge in [-0.1, -0.05) is 29.7 Å². The smallest absolute Gasteiger partial charge is 0.338 e. The zero-order chi connectivity index (χ0) is 19.7. The molecule has 2 N–H and O–H groups in total. The number of tetrazole rings is 1. The monoisotopic (exact) mass is 383 g/mol.